The van der Waals surface area contributed by atoms with Crippen molar-refractivity contribution in [1.82, 2.24) is 8.61 Å². The fourth-order valence-electron chi connectivity index (χ4n) is 2.98. The molecule has 2 aromatic rings. The molecule has 1 heterocycles. The van der Waals surface area contributed by atoms with Gasteiger partial charge >= 0.3 is 0 Å². The largest absolute Gasteiger partial charge is 0.243 e. The Kier molecular flexibility index (Phi) is 5.35. The third-order valence-electron chi connectivity index (χ3n) is 4.40. The van der Waals surface area contributed by atoms with E-state index in [4.69, 9.17) is 0 Å². The van der Waals surface area contributed by atoms with Crippen molar-refractivity contribution in [3.63, 3.8) is 0 Å². The lowest BCUT2D eigenvalue weighted by atomic mass is 10.3. The molecule has 27 heavy (non-hydrogen) atoms. The van der Waals surface area contributed by atoms with E-state index in [0.29, 0.717) is 0 Å². The Morgan fingerprint density at radius 2 is 1.22 bits per heavy atom. The third-order valence-corrected chi connectivity index (χ3v) is 8.31. The van der Waals surface area contributed by atoms with E-state index in [9.17, 15) is 25.6 Å². The Morgan fingerprint density at radius 3 is 1.67 bits per heavy atom. The zero-order chi connectivity index (χ0) is 19.8. The lowest BCUT2D eigenvalue weighted by molar-refractivity contribution is 0.212. The molecule has 1 fully saturated rings. The van der Waals surface area contributed by atoms with Gasteiger partial charge in [0.05, 0.1) is 9.79 Å². The number of hydrogen-bond donors (Lipinski definition) is 0. The fourth-order valence-corrected chi connectivity index (χ4v) is 6.11. The van der Waals surface area contributed by atoms with E-state index in [1.54, 1.807) is 6.92 Å². The third kappa shape index (κ3) is 3.88. The van der Waals surface area contributed by atoms with Crippen LogP contribution in [0.15, 0.2) is 58.3 Å². The zero-order valence-electron chi connectivity index (χ0n) is 14.4. The number of piperazine rings is 1. The maximum atomic E-state index is 13.1. The molecule has 3 rings (SSSR count). The standard InChI is InChI=1S/C17H18F2N2O4S2/c1-13-12-20(26(22,23)16-6-2-14(18)3-7-16)10-11-21(13)27(24,25)17-8-4-15(19)5-9-17/h2-9,13H,10-12H2,1H3. The minimum absolute atomic E-state index is 0.0372. The van der Waals surface area contributed by atoms with E-state index in [2.05, 4.69) is 0 Å². The van der Waals surface area contributed by atoms with Crippen LogP contribution < -0.4 is 0 Å². The van der Waals surface area contributed by atoms with Crippen molar-refractivity contribution < 1.29 is 25.6 Å². The van der Waals surface area contributed by atoms with E-state index < -0.39 is 37.7 Å². The monoisotopic (exact) mass is 416 g/mol. The fraction of sp³-hybridized carbons (Fsp3) is 0.294. The summed E-state index contributed by atoms with van der Waals surface area (Å²) in [5.41, 5.74) is 0. The van der Waals surface area contributed by atoms with Crippen LogP contribution in [-0.2, 0) is 20.0 Å². The van der Waals surface area contributed by atoms with Crippen LogP contribution in [0.3, 0.4) is 0 Å². The normalized spacial score (nSPS) is 19.9. The van der Waals surface area contributed by atoms with Crippen molar-refractivity contribution in [3.05, 3.63) is 60.2 Å². The first kappa shape index (κ1) is 19.9. The summed E-state index contributed by atoms with van der Waals surface area (Å²) in [4.78, 5) is -0.100. The SMILES string of the molecule is CC1CN(S(=O)(=O)c2ccc(F)cc2)CCN1S(=O)(=O)c1ccc(F)cc1. The number of hydrogen-bond acceptors (Lipinski definition) is 4. The molecule has 1 atom stereocenters. The molecular formula is C17H18F2N2O4S2. The van der Waals surface area contributed by atoms with E-state index in [0.717, 1.165) is 24.3 Å². The number of halogens is 2. The molecule has 1 aliphatic rings. The zero-order valence-corrected chi connectivity index (χ0v) is 16.1. The second-order valence-corrected chi connectivity index (χ2v) is 10.1. The summed E-state index contributed by atoms with van der Waals surface area (Å²) < 4.78 is 79.4. The minimum atomic E-state index is -3.87. The minimum Gasteiger partial charge on any atom is -0.207 e. The van der Waals surface area contributed by atoms with Crippen molar-refractivity contribution in [2.75, 3.05) is 19.6 Å². The van der Waals surface area contributed by atoms with Gasteiger partial charge in [-0.05, 0) is 55.5 Å². The highest BCUT2D eigenvalue weighted by atomic mass is 32.2. The van der Waals surface area contributed by atoms with Crippen LogP contribution >= 0.6 is 0 Å². The first-order valence-corrected chi connectivity index (χ1v) is 11.0. The number of benzene rings is 2. The second kappa shape index (κ2) is 7.27. The van der Waals surface area contributed by atoms with Gasteiger partial charge in [-0.3, -0.25) is 0 Å². The van der Waals surface area contributed by atoms with Gasteiger partial charge < -0.3 is 0 Å². The Balaban J connectivity index is 1.81. The van der Waals surface area contributed by atoms with Gasteiger partial charge in [0.15, 0.2) is 0 Å². The smallest absolute Gasteiger partial charge is 0.207 e. The maximum Gasteiger partial charge on any atom is 0.243 e. The Hall–Kier alpha value is -1.88. The van der Waals surface area contributed by atoms with Crippen molar-refractivity contribution in [1.29, 1.82) is 0 Å². The molecule has 0 amide bonds. The summed E-state index contributed by atoms with van der Waals surface area (Å²) in [6, 6.07) is 8.34. The molecule has 1 aliphatic heterocycles. The molecular weight excluding hydrogens is 398 g/mol. The molecule has 0 aromatic heterocycles. The van der Waals surface area contributed by atoms with Crippen LogP contribution in [0.25, 0.3) is 0 Å². The molecule has 0 N–H and O–H groups in total. The molecule has 0 aliphatic carbocycles. The summed E-state index contributed by atoms with van der Waals surface area (Å²) in [7, 11) is -7.73. The molecule has 0 radical (unpaired) electrons. The summed E-state index contributed by atoms with van der Waals surface area (Å²) in [6.45, 7) is 1.49. The van der Waals surface area contributed by atoms with Crippen LogP contribution in [0, 0.1) is 11.6 Å². The molecule has 2 aromatic carbocycles. The summed E-state index contributed by atoms with van der Waals surface area (Å²) >= 11 is 0. The lowest BCUT2D eigenvalue weighted by Gasteiger charge is -2.38. The van der Waals surface area contributed by atoms with Gasteiger partial charge in [-0.1, -0.05) is 0 Å². The van der Waals surface area contributed by atoms with Crippen LogP contribution in [-0.4, -0.2) is 51.1 Å². The number of nitrogens with zero attached hydrogens (tertiary/aromatic N) is 2. The van der Waals surface area contributed by atoms with Crippen LogP contribution in [0.4, 0.5) is 8.78 Å². The van der Waals surface area contributed by atoms with Crippen LogP contribution in [0.2, 0.25) is 0 Å². The highest BCUT2D eigenvalue weighted by molar-refractivity contribution is 7.89. The number of sulfonamides is 2. The van der Waals surface area contributed by atoms with Crippen molar-refractivity contribution in [3.8, 4) is 0 Å². The second-order valence-electron chi connectivity index (χ2n) is 6.24. The predicted molar refractivity (Wildman–Crippen MR) is 94.9 cm³/mol. The first-order chi connectivity index (χ1) is 12.6. The van der Waals surface area contributed by atoms with Gasteiger partial charge in [0.2, 0.25) is 20.0 Å². The predicted octanol–water partition coefficient (Wildman–Crippen LogP) is 2.05. The Labute approximate surface area is 157 Å². The number of rotatable bonds is 4. The van der Waals surface area contributed by atoms with Gasteiger partial charge in [0, 0.05) is 25.7 Å². The maximum absolute atomic E-state index is 13.1. The highest BCUT2D eigenvalue weighted by Gasteiger charge is 2.38. The summed E-state index contributed by atoms with van der Waals surface area (Å²) in [6.07, 6.45) is 0. The molecule has 1 unspecified atom stereocenters. The summed E-state index contributed by atoms with van der Waals surface area (Å²) in [5.74, 6) is -1.09. The van der Waals surface area contributed by atoms with Gasteiger partial charge in [0.1, 0.15) is 11.6 Å². The first-order valence-electron chi connectivity index (χ1n) is 8.15. The molecule has 6 nitrogen and oxygen atoms in total. The van der Waals surface area contributed by atoms with Crippen LogP contribution in [0.5, 0.6) is 0 Å². The van der Waals surface area contributed by atoms with E-state index >= 15 is 0 Å². The Bertz CT molecular complexity index is 1020. The van der Waals surface area contributed by atoms with E-state index in [-0.39, 0.29) is 29.4 Å². The Morgan fingerprint density at radius 1 is 0.778 bits per heavy atom. The quantitative estimate of drug-likeness (QED) is 0.765. The molecule has 146 valence electrons. The topological polar surface area (TPSA) is 74.8 Å². The van der Waals surface area contributed by atoms with Gasteiger partial charge in [0.25, 0.3) is 0 Å². The average molecular weight is 416 g/mol. The van der Waals surface area contributed by atoms with Gasteiger partial charge in [-0.2, -0.15) is 8.61 Å². The molecule has 0 bridgehead atoms. The van der Waals surface area contributed by atoms with Gasteiger partial charge in [-0.25, -0.2) is 25.6 Å². The molecule has 0 spiro atoms. The molecule has 0 saturated carbocycles. The summed E-state index contributed by atoms with van der Waals surface area (Å²) in [5, 5.41) is 0. The highest BCUT2D eigenvalue weighted by Crippen LogP contribution is 2.25. The van der Waals surface area contributed by atoms with Crippen LogP contribution in [0.1, 0.15) is 6.92 Å². The molecule has 10 heteroatoms. The molecule has 1 saturated heterocycles. The van der Waals surface area contributed by atoms with E-state index in [1.807, 2.05) is 0 Å². The van der Waals surface area contributed by atoms with Crippen molar-refractivity contribution >= 4 is 20.0 Å². The average Bonchev–Trinajstić information content (AvgIpc) is 2.62. The van der Waals surface area contributed by atoms with Crippen molar-refractivity contribution in [2.24, 2.45) is 0 Å². The van der Waals surface area contributed by atoms with Gasteiger partial charge in [-0.15, -0.1) is 0 Å². The van der Waals surface area contributed by atoms with E-state index in [1.165, 1.54) is 32.9 Å². The lowest BCUT2D eigenvalue weighted by Crippen LogP contribution is -2.55. The van der Waals surface area contributed by atoms with Crippen molar-refractivity contribution in [2.45, 2.75) is 22.8 Å².